The quantitative estimate of drug-likeness (QED) is 0.467. The zero-order valence-electron chi connectivity index (χ0n) is 16.8. The van der Waals surface area contributed by atoms with Gasteiger partial charge in [0.1, 0.15) is 0 Å². The Balaban J connectivity index is 2.34. The van der Waals surface area contributed by atoms with Crippen molar-refractivity contribution >= 4 is 17.7 Å². The Kier molecular flexibility index (Phi) is 5.72. The van der Waals surface area contributed by atoms with Gasteiger partial charge in [-0.05, 0) is 38.2 Å². The lowest BCUT2D eigenvalue weighted by molar-refractivity contribution is -0.385. The van der Waals surface area contributed by atoms with Gasteiger partial charge in [-0.15, -0.1) is 0 Å². The smallest absolute Gasteiger partial charge is 0.336 e. The van der Waals surface area contributed by atoms with Crippen LogP contribution in [0.25, 0.3) is 0 Å². The van der Waals surface area contributed by atoms with E-state index in [1.807, 2.05) is 0 Å². The van der Waals surface area contributed by atoms with Crippen LogP contribution in [0.15, 0.2) is 46.8 Å². The van der Waals surface area contributed by atoms with Crippen molar-refractivity contribution < 1.29 is 19.2 Å². The molecule has 8 heteroatoms. The zero-order valence-corrected chi connectivity index (χ0v) is 16.8. The molecule has 2 amide bonds. The maximum atomic E-state index is 12.8. The van der Waals surface area contributed by atoms with E-state index < -0.39 is 22.8 Å². The molecule has 1 aliphatic heterocycles. The van der Waals surface area contributed by atoms with Crippen molar-refractivity contribution in [3.05, 3.63) is 62.5 Å². The van der Waals surface area contributed by atoms with Crippen molar-refractivity contribution in [3.63, 3.8) is 0 Å². The summed E-state index contributed by atoms with van der Waals surface area (Å²) in [6.45, 7) is 3.41. The molecule has 8 nitrogen and oxygen atoms in total. The molecule has 1 aromatic rings. The number of urea groups is 1. The molecule has 1 unspecified atom stereocenters. The van der Waals surface area contributed by atoms with E-state index in [0.717, 1.165) is 31.3 Å². The van der Waals surface area contributed by atoms with Gasteiger partial charge in [-0.25, -0.2) is 9.59 Å². The average Bonchev–Trinajstić information content (AvgIpc) is 3.20. The van der Waals surface area contributed by atoms with Crippen LogP contribution in [0.5, 0.6) is 0 Å². The molecule has 1 aromatic carbocycles. The number of methoxy groups -OCH3 is 1. The first-order valence-electron chi connectivity index (χ1n) is 9.62. The lowest BCUT2D eigenvalue weighted by Gasteiger charge is -2.38. The van der Waals surface area contributed by atoms with Crippen molar-refractivity contribution in [3.8, 4) is 0 Å². The second kappa shape index (κ2) is 8.06. The van der Waals surface area contributed by atoms with Gasteiger partial charge in [-0.2, -0.15) is 0 Å². The van der Waals surface area contributed by atoms with Crippen LogP contribution in [0.4, 0.5) is 10.5 Å². The van der Waals surface area contributed by atoms with Gasteiger partial charge in [-0.1, -0.05) is 31.0 Å². The Morgan fingerprint density at radius 1 is 1.17 bits per heavy atom. The number of benzene rings is 1. The van der Waals surface area contributed by atoms with Gasteiger partial charge in [0.15, 0.2) is 0 Å². The fraction of sp³-hybridized carbons (Fsp3) is 0.429. The highest BCUT2D eigenvalue weighted by atomic mass is 16.6. The molecule has 1 heterocycles. The number of allylic oxidation sites excluding steroid dienone is 3. The molecular formula is C21H25N3O5. The Morgan fingerprint density at radius 2 is 1.79 bits per heavy atom. The number of carbonyl (C=O) groups excluding carboxylic acids is 2. The van der Waals surface area contributed by atoms with Crippen molar-refractivity contribution in [2.24, 2.45) is 11.7 Å². The molecule has 1 aliphatic carbocycles. The van der Waals surface area contributed by atoms with E-state index in [2.05, 4.69) is 0 Å². The summed E-state index contributed by atoms with van der Waals surface area (Å²) < 4.78 is 5.02. The Bertz CT molecular complexity index is 928. The number of nitro groups is 1. The summed E-state index contributed by atoms with van der Waals surface area (Å²) in [5.74, 6) is -1.18. The van der Waals surface area contributed by atoms with Crippen LogP contribution in [-0.4, -0.2) is 28.9 Å². The lowest BCUT2D eigenvalue weighted by Crippen LogP contribution is -2.40. The molecule has 1 atom stereocenters. The molecule has 2 aliphatic rings. The monoisotopic (exact) mass is 399 g/mol. The number of nitrogens with zero attached hydrogens (tertiary/aromatic N) is 2. The molecule has 1 fully saturated rings. The van der Waals surface area contributed by atoms with Gasteiger partial charge in [-0.3, -0.25) is 15.0 Å². The Hall–Kier alpha value is -3.16. The molecule has 1 saturated carbocycles. The number of amides is 2. The first kappa shape index (κ1) is 20.6. The third-order valence-corrected chi connectivity index (χ3v) is 5.94. The maximum absolute atomic E-state index is 12.8. The predicted molar refractivity (Wildman–Crippen MR) is 107 cm³/mol. The van der Waals surface area contributed by atoms with Crippen molar-refractivity contribution in [2.75, 3.05) is 7.11 Å². The van der Waals surface area contributed by atoms with E-state index in [1.165, 1.54) is 18.1 Å². The highest BCUT2D eigenvalue weighted by molar-refractivity contribution is 5.94. The molecule has 2 N–H and O–H groups in total. The SMILES string of the molecule is COC(=O)C1=C(C)N(C(N)=O)C(C)=C(C2CCCC2)C1c1ccccc1[N+](=O)[O-]. The number of nitro benzene ring substituents is 1. The van der Waals surface area contributed by atoms with E-state index in [-0.39, 0.29) is 17.2 Å². The number of carbonyl (C=O) groups is 2. The third kappa shape index (κ3) is 3.50. The van der Waals surface area contributed by atoms with Gasteiger partial charge < -0.3 is 10.5 Å². The highest BCUT2D eigenvalue weighted by Crippen LogP contribution is 2.50. The minimum absolute atomic E-state index is 0.0671. The van der Waals surface area contributed by atoms with Gasteiger partial charge >= 0.3 is 12.0 Å². The lowest BCUT2D eigenvalue weighted by atomic mass is 9.73. The Morgan fingerprint density at radius 3 is 2.34 bits per heavy atom. The fourth-order valence-corrected chi connectivity index (χ4v) is 4.77. The van der Waals surface area contributed by atoms with Crippen LogP contribution in [0.2, 0.25) is 0 Å². The van der Waals surface area contributed by atoms with E-state index in [9.17, 15) is 19.7 Å². The summed E-state index contributed by atoms with van der Waals surface area (Å²) in [4.78, 5) is 37.7. The van der Waals surface area contributed by atoms with Gasteiger partial charge in [0.05, 0.1) is 17.6 Å². The minimum atomic E-state index is -0.696. The molecule has 0 spiro atoms. The highest BCUT2D eigenvalue weighted by Gasteiger charge is 2.43. The number of nitrogens with two attached hydrogens (primary N) is 1. The van der Waals surface area contributed by atoms with Crippen LogP contribution in [0.3, 0.4) is 0 Å². The molecule has 0 radical (unpaired) electrons. The molecule has 154 valence electrons. The summed E-state index contributed by atoms with van der Waals surface area (Å²) in [7, 11) is 1.26. The van der Waals surface area contributed by atoms with Crippen LogP contribution in [-0.2, 0) is 9.53 Å². The number of hydrogen-bond acceptors (Lipinski definition) is 5. The molecule has 0 saturated heterocycles. The van der Waals surface area contributed by atoms with E-state index >= 15 is 0 Å². The normalized spacial score (nSPS) is 20.2. The van der Waals surface area contributed by atoms with Crippen LogP contribution >= 0.6 is 0 Å². The minimum Gasteiger partial charge on any atom is -0.466 e. The summed E-state index contributed by atoms with van der Waals surface area (Å²) in [5.41, 5.74) is 8.01. The molecule has 0 bridgehead atoms. The number of esters is 1. The Labute approximate surface area is 169 Å². The average molecular weight is 399 g/mol. The third-order valence-electron chi connectivity index (χ3n) is 5.94. The molecular weight excluding hydrogens is 374 g/mol. The predicted octanol–water partition coefficient (Wildman–Crippen LogP) is 3.98. The first-order chi connectivity index (χ1) is 13.8. The molecule has 3 rings (SSSR count). The summed E-state index contributed by atoms with van der Waals surface area (Å²) >= 11 is 0. The topological polar surface area (TPSA) is 116 Å². The van der Waals surface area contributed by atoms with Gasteiger partial charge in [0.2, 0.25) is 0 Å². The largest absolute Gasteiger partial charge is 0.466 e. The number of hydrogen-bond donors (Lipinski definition) is 1. The second-order valence-electron chi connectivity index (χ2n) is 7.44. The van der Waals surface area contributed by atoms with Crippen molar-refractivity contribution in [1.29, 1.82) is 0 Å². The number of rotatable bonds is 4. The van der Waals surface area contributed by atoms with Crippen LogP contribution in [0.1, 0.15) is 51.0 Å². The number of para-hydroxylation sites is 1. The summed E-state index contributed by atoms with van der Waals surface area (Å²) in [6.07, 6.45) is 3.84. The molecule has 0 aromatic heterocycles. The first-order valence-corrected chi connectivity index (χ1v) is 9.62. The van der Waals surface area contributed by atoms with Crippen LogP contribution in [0, 0.1) is 16.0 Å². The van der Waals surface area contributed by atoms with E-state index in [4.69, 9.17) is 10.5 Å². The van der Waals surface area contributed by atoms with Crippen molar-refractivity contribution in [1.82, 2.24) is 4.90 Å². The van der Waals surface area contributed by atoms with E-state index in [1.54, 1.807) is 32.0 Å². The van der Waals surface area contributed by atoms with Gasteiger partial charge in [0, 0.05) is 28.9 Å². The van der Waals surface area contributed by atoms with Crippen LogP contribution < -0.4 is 5.73 Å². The summed E-state index contributed by atoms with van der Waals surface area (Å²) in [6, 6.07) is 5.72. The van der Waals surface area contributed by atoms with Gasteiger partial charge in [0.25, 0.3) is 5.69 Å². The number of ether oxygens (including phenoxy) is 1. The number of primary amides is 1. The zero-order chi connectivity index (χ0) is 21.3. The summed E-state index contributed by atoms with van der Waals surface area (Å²) in [5, 5.41) is 11.7. The maximum Gasteiger partial charge on any atom is 0.336 e. The standard InChI is InChI=1S/C21H25N3O5/c1-12-17(14-8-4-5-9-14)19(15-10-6-7-11-16(15)24(27)28)18(20(25)29-3)13(2)23(12)21(22)26/h6-7,10-11,14,19H,4-5,8-9H2,1-3H3,(H2,22,26). The fourth-order valence-electron chi connectivity index (χ4n) is 4.77. The second-order valence-corrected chi connectivity index (χ2v) is 7.44. The molecule has 29 heavy (non-hydrogen) atoms. The van der Waals surface area contributed by atoms with Crippen molar-refractivity contribution in [2.45, 2.75) is 45.4 Å². The van der Waals surface area contributed by atoms with E-state index in [0.29, 0.717) is 17.0 Å².